The molecule has 0 spiro atoms. The molecule has 3 amide bonds. The number of anilines is 1. The number of carbonyl (C=O) groups is 3. The number of hydrogen-bond acceptors (Lipinski definition) is 6. The van der Waals surface area contributed by atoms with E-state index in [0.29, 0.717) is 24.6 Å². The van der Waals surface area contributed by atoms with Gasteiger partial charge in [0, 0.05) is 12.0 Å². The second kappa shape index (κ2) is 14.3. The molecule has 0 saturated heterocycles. The Kier molecular flexibility index (Phi) is 10.8. The summed E-state index contributed by atoms with van der Waals surface area (Å²) in [6.07, 6.45) is 0.121. The summed E-state index contributed by atoms with van der Waals surface area (Å²) in [5.74, 6) is 0.693. The predicted octanol–water partition coefficient (Wildman–Crippen LogP) is 4.55. The van der Waals surface area contributed by atoms with Gasteiger partial charge in [-0.25, -0.2) is 0 Å². The molecule has 221 valence electrons. The number of fused-ring (bicyclic) bond motifs is 1. The fourth-order valence-electron chi connectivity index (χ4n) is 4.71. The average molecular weight is 650 g/mol. The summed E-state index contributed by atoms with van der Waals surface area (Å²) in [6, 6.07) is 21.3. The molecule has 1 radical (unpaired) electrons. The maximum atomic E-state index is 13.9. The monoisotopic (exact) mass is 649 g/mol. The summed E-state index contributed by atoms with van der Waals surface area (Å²) >= 11 is 1.03. The normalized spacial score (nSPS) is 15.3. The Bertz CT molecular complexity index is 1420. The Balaban J connectivity index is 1.57. The predicted molar refractivity (Wildman–Crippen MR) is 170 cm³/mol. The van der Waals surface area contributed by atoms with E-state index in [2.05, 4.69) is 34.9 Å². The molecule has 0 fully saturated rings. The Morgan fingerprint density at radius 3 is 2.55 bits per heavy atom. The van der Waals surface area contributed by atoms with Crippen LogP contribution >= 0.6 is 11.8 Å². The number of nitrogens with one attached hydrogen (secondary N) is 2. The third-order valence-corrected chi connectivity index (χ3v) is 9.84. The van der Waals surface area contributed by atoms with Gasteiger partial charge in [-0.3, -0.25) is 4.79 Å². The van der Waals surface area contributed by atoms with Crippen molar-refractivity contribution in [3.8, 4) is 16.9 Å². The van der Waals surface area contributed by atoms with Gasteiger partial charge < -0.3 is 10.5 Å². The van der Waals surface area contributed by atoms with Crippen LogP contribution in [0.4, 0.5) is 10.5 Å². The molecule has 0 saturated carbocycles. The molecule has 4 N–H and O–H groups in total. The van der Waals surface area contributed by atoms with Gasteiger partial charge in [-0.2, -0.15) is 0 Å². The summed E-state index contributed by atoms with van der Waals surface area (Å²) in [5, 5.41) is 6.56. The third-order valence-electron chi connectivity index (χ3n) is 6.72. The molecular weight excluding hydrogens is 611 g/mol. The molecule has 1 atom stereocenters. The fraction of sp³-hybridized carbons (Fsp3) is 0.344. The Morgan fingerprint density at radius 1 is 1.12 bits per heavy atom. The molecule has 0 aromatic heterocycles. The molecule has 10 heteroatoms. The van der Waals surface area contributed by atoms with Gasteiger partial charge in [-0.1, -0.05) is 0 Å². The number of methoxy groups -OCH3 is 1. The van der Waals surface area contributed by atoms with Crippen molar-refractivity contribution in [2.24, 2.45) is 5.73 Å². The molecule has 1 aliphatic rings. The summed E-state index contributed by atoms with van der Waals surface area (Å²) in [6.45, 7) is 6.50. The van der Waals surface area contributed by atoms with Crippen molar-refractivity contribution in [1.29, 1.82) is 0 Å². The van der Waals surface area contributed by atoms with Crippen molar-refractivity contribution in [3.63, 3.8) is 0 Å². The Labute approximate surface area is 258 Å². The molecule has 8 nitrogen and oxygen atoms in total. The van der Waals surface area contributed by atoms with Gasteiger partial charge >= 0.3 is 200 Å². The zero-order valence-corrected chi connectivity index (χ0v) is 27.2. The molecule has 3 aromatic rings. The van der Waals surface area contributed by atoms with E-state index < -0.39 is 27.3 Å². The molecule has 1 heterocycles. The molecule has 0 unspecified atom stereocenters. The van der Waals surface area contributed by atoms with Crippen LogP contribution in [0.2, 0.25) is 0 Å². The standard InChI is InChI=1S/C32H38AsN4O4S/c1-5-35-31(40)33-18-23-8-6-7-9-25(23)22-12-10-21(11-13-22)19-37-27-15-14-24(41-4)16-28(27)42-20-26(30(37)39)36-29(38)17-32(2,3)34/h6-16,26H,5,17-20,34H2,1-4H3,(H,35,40)(H,36,38)/t26-/m1/s1. The summed E-state index contributed by atoms with van der Waals surface area (Å²) < 4.78 is 5.57. The number of rotatable bonds is 11. The van der Waals surface area contributed by atoms with Crippen LogP contribution in [0.25, 0.3) is 11.1 Å². The van der Waals surface area contributed by atoms with Crippen molar-refractivity contribution >= 4 is 49.7 Å². The van der Waals surface area contributed by atoms with E-state index in [1.54, 1.807) is 25.9 Å². The molecule has 1 aliphatic heterocycles. The average Bonchev–Trinajstić information content (AvgIpc) is 3.08. The quantitative estimate of drug-likeness (QED) is 0.263. The number of thioether (sulfide) groups is 1. The third kappa shape index (κ3) is 8.40. The van der Waals surface area contributed by atoms with Gasteiger partial charge in [0.1, 0.15) is 5.75 Å². The number of nitrogens with two attached hydrogens (primary N) is 1. The van der Waals surface area contributed by atoms with Crippen molar-refractivity contribution in [2.75, 3.05) is 24.3 Å². The first-order chi connectivity index (χ1) is 20.1. The van der Waals surface area contributed by atoms with Crippen molar-refractivity contribution < 1.29 is 19.1 Å². The molecule has 0 bridgehead atoms. The topological polar surface area (TPSA) is 114 Å². The van der Waals surface area contributed by atoms with E-state index in [-0.39, 0.29) is 22.9 Å². The van der Waals surface area contributed by atoms with Gasteiger partial charge in [0.25, 0.3) is 0 Å². The summed E-state index contributed by atoms with van der Waals surface area (Å²) in [5.41, 5.74) is 10.4. The summed E-state index contributed by atoms with van der Waals surface area (Å²) in [4.78, 5) is 41.3. The van der Waals surface area contributed by atoms with Crippen LogP contribution in [-0.4, -0.2) is 63.2 Å². The second-order valence-corrected chi connectivity index (χ2v) is 14.1. The van der Waals surface area contributed by atoms with E-state index >= 15 is 0 Å². The number of nitrogens with zero attached hydrogens (tertiary/aromatic N) is 1. The van der Waals surface area contributed by atoms with Crippen LogP contribution < -0.4 is 26.0 Å². The van der Waals surface area contributed by atoms with E-state index in [1.165, 1.54) is 11.8 Å². The Hall–Kier alpha value is -3.26. The Morgan fingerprint density at radius 2 is 1.86 bits per heavy atom. The number of carbonyl (C=O) groups excluding carboxylic acids is 3. The van der Waals surface area contributed by atoms with Gasteiger partial charge in [-0.15, -0.1) is 0 Å². The number of amides is 3. The van der Waals surface area contributed by atoms with E-state index in [0.717, 1.165) is 38.0 Å². The molecule has 42 heavy (non-hydrogen) atoms. The number of hydrogen-bond donors (Lipinski definition) is 3. The van der Waals surface area contributed by atoms with Gasteiger partial charge in [0.2, 0.25) is 5.91 Å². The van der Waals surface area contributed by atoms with Gasteiger partial charge in [0.15, 0.2) is 0 Å². The molecular formula is C32H38AsN4O4S. The van der Waals surface area contributed by atoms with Crippen molar-refractivity contribution in [1.82, 2.24) is 10.6 Å². The van der Waals surface area contributed by atoms with Crippen molar-refractivity contribution in [2.45, 2.75) is 55.4 Å². The second-order valence-electron chi connectivity index (χ2n) is 10.9. The molecule has 0 aliphatic carbocycles. The minimum atomic E-state index is -0.692. The van der Waals surface area contributed by atoms with Crippen LogP contribution in [0.3, 0.4) is 0 Å². The number of ether oxygens (including phenoxy) is 1. The zero-order valence-electron chi connectivity index (χ0n) is 24.5. The number of benzene rings is 3. The van der Waals surface area contributed by atoms with Crippen LogP contribution in [0, 0.1) is 0 Å². The van der Waals surface area contributed by atoms with Crippen LogP contribution in [0.1, 0.15) is 38.3 Å². The molecule has 4 rings (SSSR count). The zero-order chi connectivity index (χ0) is 30.3. The maximum absolute atomic E-state index is 13.9. The fourth-order valence-corrected chi connectivity index (χ4v) is 7.61. The van der Waals surface area contributed by atoms with Crippen LogP contribution in [0.15, 0.2) is 71.6 Å². The van der Waals surface area contributed by atoms with E-state index in [1.807, 2.05) is 49.4 Å². The van der Waals surface area contributed by atoms with E-state index in [4.69, 9.17) is 10.5 Å². The SMILES string of the molecule is CCNC(=O)[As]Cc1ccccc1-c1ccc(CN2C(=O)[C@H](NC(=O)CC(C)(C)N)CSc3cc(OC)ccc32)cc1. The van der Waals surface area contributed by atoms with E-state index in [9.17, 15) is 14.4 Å². The van der Waals surface area contributed by atoms with Crippen molar-refractivity contribution in [3.05, 3.63) is 77.9 Å². The molecule has 3 aromatic carbocycles. The summed E-state index contributed by atoms with van der Waals surface area (Å²) in [7, 11) is 1.62. The first-order valence-corrected chi connectivity index (χ1v) is 17.2. The van der Waals surface area contributed by atoms with Gasteiger partial charge in [-0.05, 0) is 13.8 Å². The first-order valence-electron chi connectivity index (χ1n) is 13.9. The first kappa shape index (κ1) is 31.7. The minimum absolute atomic E-state index is 0.121. The van der Waals surface area contributed by atoms with Gasteiger partial charge in [0.05, 0.1) is 7.11 Å². The van der Waals surface area contributed by atoms with Crippen LogP contribution in [0.5, 0.6) is 5.75 Å². The van der Waals surface area contributed by atoms with Crippen LogP contribution in [-0.2, 0) is 21.3 Å².